The van der Waals surface area contributed by atoms with Crippen molar-refractivity contribution < 1.29 is 4.74 Å². The van der Waals surface area contributed by atoms with Gasteiger partial charge in [0.25, 0.3) is 0 Å². The van der Waals surface area contributed by atoms with Gasteiger partial charge in [0.05, 0.1) is 17.1 Å². The predicted molar refractivity (Wildman–Crippen MR) is 82.0 cm³/mol. The standard InChI is InChI=1S/C15H12BrN3O/c16-8-5-11(17)14-12(6-8)18-15(19-14)10-7-20-13-4-2-1-3-9(10)13/h1-6,10H,7,17H2,(H,18,19). The number of nitrogen functional groups attached to an aromatic ring is 1. The monoisotopic (exact) mass is 329 g/mol. The van der Waals surface area contributed by atoms with Crippen LogP contribution in [0.4, 0.5) is 5.69 Å². The highest BCUT2D eigenvalue weighted by Crippen LogP contribution is 2.37. The Hall–Kier alpha value is -2.01. The van der Waals surface area contributed by atoms with E-state index in [1.54, 1.807) is 0 Å². The van der Waals surface area contributed by atoms with Gasteiger partial charge < -0.3 is 15.5 Å². The molecule has 1 aromatic heterocycles. The molecule has 0 bridgehead atoms. The first-order chi connectivity index (χ1) is 9.72. The number of rotatable bonds is 1. The molecule has 4 nitrogen and oxygen atoms in total. The number of nitrogens with zero attached hydrogens (tertiary/aromatic N) is 1. The molecule has 0 fully saturated rings. The van der Waals surface area contributed by atoms with Gasteiger partial charge in [0.15, 0.2) is 0 Å². The van der Waals surface area contributed by atoms with E-state index >= 15 is 0 Å². The van der Waals surface area contributed by atoms with Crippen LogP contribution in [-0.4, -0.2) is 16.6 Å². The number of imidazole rings is 1. The second-order valence-electron chi connectivity index (χ2n) is 4.91. The van der Waals surface area contributed by atoms with E-state index in [2.05, 4.69) is 32.0 Å². The van der Waals surface area contributed by atoms with Gasteiger partial charge in [0, 0.05) is 10.0 Å². The van der Waals surface area contributed by atoms with Gasteiger partial charge in [0.2, 0.25) is 0 Å². The van der Waals surface area contributed by atoms with Gasteiger partial charge in [-0.25, -0.2) is 4.98 Å². The van der Waals surface area contributed by atoms with Crippen LogP contribution in [-0.2, 0) is 0 Å². The van der Waals surface area contributed by atoms with Crippen molar-refractivity contribution >= 4 is 32.7 Å². The van der Waals surface area contributed by atoms with E-state index in [1.165, 1.54) is 5.56 Å². The van der Waals surface area contributed by atoms with Crippen LogP contribution >= 0.6 is 15.9 Å². The van der Waals surface area contributed by atoms with Gasteiger partial charge in [-0.3, -0.25) is 0 Å². The third-order valence-electron chi connectivity index (χ3n) is 3.63. The summed E-state index contributed by atoms with van der Waals surface area (Å²) < 4.78 is 6.66. The summed E-state index contributed by atoms with van der Waals surface area (Å²) >= 11 is 3.45. The van der Waals surface area contributed by atoms with E-state index in [0.29, 0.717) is 12.3 Å². The van der Waals surface area contributed by atoms with Gasteiger partial charge >= 0.3 is 0 Å². The molecule has 1 aliphatic heterocycles. The quantitative estimate of drug-likeness (QED) is 0.672. The molecule has 3 N–H and O–H groups in total. The van der Waals surface area contributed by atoms with Crippen molar-refractivity contribution in [3.05, 3.63) is 52.3 Å². The van der Waals surface area contributed by atoms with E-state index in [0.717, 1.165) is 27.1 Å². The lowest BCUT2D eigenvalue weighted by molar-refractivity contribution is 0.340. The Morgan fingerprint density at radius 1 is 1.30 bits per heavy atom. The zero-order chi connectivity index (χ0) is 13.7. The summed E-state index contributed by atoms with van der Waals surface area (Å²) in [7, 11) is 0. The molecule has 0 saturated carbocycles. The summed E-state index contributed by atoms with van der Waals surface area (Å²) in [6, 6.07) is 11.9. The molecule has 0 radical (unpaired) electrons. The van der Waals surface area contributed by atoms with Crippen LogP contribution in [0, 0.1) is 0 Å². The molecule has 100 valence electrons. The van der Waals surface area contributed by atoms with Gasteiger partial charge in [0.1, 0.15) is 23.7 Å². The number of H-pyrrole nitrogens is 1. The lowest BCUT2D eigenvalue weighted by atomic mass is 10.0. The third-order valence-corrected chi connectivity index (χ3v) is 4.09. The fourth-order valence-corrected chi connectivity index (χ4v) is 3.16. The zero-order valence-electron chi connectivity index (χ0n) is 10.6. The first-order valence-electron chi connectivity index (χ1n) is 6.39. The van der Waals surface area contributed by atoms with Crippen LogP contribution < -0.4 is 10.5 Å². The van der Waals surface area contributed by atoms with E-state index in [-0.39, 0.29) is 5.92 Å². The number of hydrogen-bond donors (Lipinski definition) is 2. The summed E-state index contributed by atoms with van der Waals surface area (Å²) in [5.74, 6) is 1.97. The molecule has 3 aromatic rings. The topological polar surface area (TPSA) is 63.9 Å². The normalized spacial score (nSPS) is 17.1. The molecule has 2 aromatic carbocycles. The lowest BCUT2D eigenvalue weighted by Gasteiger charge is -2.03. The smallest absolute Gasteiger partial charge is 0.123 e. The second-order valence-corrected chi connectivity index (χ2v) is 5.83. The number of aromatic nitrogens is 2. The van der Waals surface area contributed by atoms with Gasteiger partial charge in [-0.15, -0.1) is 0 Å². The fourth-order valence-electron chi connectivity index (χ4n) is 2.68. The fraction of sp³-hybridized carbons (Fsp3) is 0.133. The second kappa shape index (κ2) is 4.24. The third kappa shape index (κ3) is 1.70. The molecular weight excluding hydrogens is 318 g/mol. The minimum Gasteiger partial charge on any atom is -0.492 e. The minimum absolute atomic E-state index is 0.136. The number of anilines is 1. The molecule has 4 rings (SSSR count). The number of hydrogen-bond acceptors (Lipinski definition) is 3. The molecule has 2 heterocycles. The molecular formula is C15H12BrN3O. The Morgan fingerprint density at radius 2 is 2.15 bits per heavy atom. The van der Waals surface area contributed by atoms with Crippen molar-refractivity contribution in [1.82, 2.24) is 9.97 Å². The SMILES string of the molecule is Nc1cc(Br)cc2[nH]c(C3COc4ccccc43)nc12. The van der Waals surface area contributed by atoms with E-state index in [1.807, 2.05) is 30.3 Å². The zero-order valence-corrected chi connectivity index (χ0v) is 12.1. The van der Waals surface area contributed by atoms with Crippen LogP contribution in [0.1, 0.15) is 17.3 Å². The Kier molecular flexibility index (Phi) is 2.50. The number of nitrogens with two attached hydrogens (primary N) is 1. The van der Waals surface area contributed by atoms with Crippen LogP contribution in [0.2, 0.25) is 0 Å². The van der Waals surface area contributed by atoms with Crippen molar-refractivity contribution in [3.8, 4) is 5.75 Å². The number of ether oxygens (including phenoxy) is 1. The van der Waals surface area contributed by atoms with E-state index in [4.69, 9.17) is 10.5 Å². The molecule has 0 spiro atoms. The number of nitrogens with one attached hydrogen (secondary N) is 1. The molecule has 0 saturated heterocycles. The molecule has 0 amide bonds. The van der Waals surface area contributed by atoms with Crippen LogP contribution in [0.25, 0.3) is 11.0 Å². The van der Waals surface area contributed by atoms with Gasteiger partial charge in [-0.1, -0.05) is 34.1 Å². The Morgan fingerprint density at radius 3 is 3.05 bits per heavy atom. The summed E-state index contributed by atoms with van der Waals surface area (Å²) in [4.78, 5) is 8.01. The first-order valence-corrected chi connectivity index (χ1v) is 7.18. The number of fused-ring (bicyclic) bond motifs is 2. The number of halogens is 1. The maximum Gasteiger partial charge on any atom is 0.123 e. The van der Waals surface area contributed by atoms with Gasteiger partial charge in [-0.2, -0.15) is 0 Å². The van der Waals surface area contributed by atoms with E-state index < -0.39 is 0 Å². The Balaban J connectivity index is 1.86. The average Bonchev–Trinajstić information content (AvgIpc) is 3.01. The van der Waals surface area contributed by atoms with Gasteiger partial charge in [-0.05, 0) is 18.2 Å². The molecule has 5 heteroatoms. The highest BCUT2D eigenvalue weighted by atomic mass is 79.9. The molecule has 1 unspecified atom stereocenters. The maximum atomic E-state index is 6.02. The molecule has 1 aliphatic rings. The largest absolute Gasteiger partial charge is 0.492 e. The minimum atomic E-state index is 0.136. The van der Waals surface area contributed by atoms with Crippen LogP contribution in [0.3, 0.4) is 0 Å². The van der Waals surface area contributed by atoms with Crippen molar-refractivity contribution in [2.24, 2.45) is 0 Å². The number of benzene rings is 2. The first kappa shape index (κ1) is 11.8. The molecule has 20 heavy (non-hydrogen) atoms. The van der Waals surface area contributed by atoms with Crippen LogP contribution in [0.5, 0.6) is 5.75 Å². The highest BCUT2D eigenvalue weighted by Gasteiger charge is 2.28. The molecule has 1 atom stereocenters. The predicted octanol–water partition coefficient (Wildman–Crippen LogP) is 3.43. The van der Waals surface area contributed by atoms with Crippen molar-refractivity contribution in [3.63, 3.8) is 0 Å². The number of para-hydroxylation sites is 1. The maximum absolute atomic E-state index is 6.02. The molecule has 0 aliphatic carbocycles. The Bertz CT molecular complexity index is 812. The Labute approximate surface area is 124 Å². The van der Waals surface area contributed by atoms with Crippen molar-refractivity contribution in [1.29, 1.82) is 0 Å². The summed E-state index contributed by atoms with van der Waals surface area (Å²) in [5, 5.41) is 0. The van der Waals surface area contributed by atoms with E-state index in [9.17, 15) is 0 Å². The van der Waals surface area contributed by atoms with Crippen LogP contribution in [0.15, 0.2) is 40.9 Å². The summed E-state index contributed by atoms with van der Waals surface area (Å²) in [6.07, 6.45) is 0. The summed E-state index contributed by atoms with van der Waals surface area (Å²) in [6.45, 7) is 0.611. The lowest BCUT2D eigenvalue weighted by Crippen LogP contribution is -2.04. The number of aromatic amines is 1. The van der Waals surface area contributed by atoms with Crippen molar-refractivity contribution in [2.75, 3.05) is 12.3 Å². The average molecular weight is 330 g/mol. The van der Waals surface area contributed by atoms with Crippen molar-refractivity contribution in [2.45, 2.75) is 5.92 Å². The highest BCUT2D eigenvalue weighted by molar-refractivity contribution is 9.10. The summed E-state index contributed by atoms with van der Waals surface area (Å²) in [5.41, 5.74) is 9.61.